The summed E-state index contributed by atoms with van der Waals surface area (Å²) in [5.74, 6) is 2.26. The molecule has 0 spiro atoms. The van der Waals surface area contributed by atoms with Gasteiger partial charge in [-0.15, -0.1) is 10.2 Å². The molecule has 5 rings (SSSR count). The van der Waals surface area contributed by atoms with E-state index in [0.29, 0.717) is 17.8 Å². The number of hydrogen-bond donors (Lipinski definition) is 3. The number of fused-ring (bicyclic) bond motifs is 2. The molecule has 2 aromatic heterocycles. The van der Waals surface area contributed by atoms with Gasteiger partial charge in [0.15, 0.2) is 5.82 Å². The summed E-state index contributed by atoms with van der Waals surface area (Å²) >= 11 is 0. The van der Waals surface area contributed by atoms with E-state index in [4.69, 9.17) is 0 Å². The Morgan fingerprint density at radius 1 is 1.10 bits per heavy atom. The second kappa shape index (κ2) is 7.34. The van der Waals surface area contributed by atoms with Crippen LogP contribution in [0.5, 0.6) is 5.75 Å². The maximum Gasteiger partial charge on any atom is 0.175 e. The van der Waals surface area contributed by atoms with E-state index in [9.17, 15) is 5.11 Å². The molecule has 7 nitrogen and oxygen atoms in total. The summed E-state index contributed by atoms with van der Waals surface area (Å²) in [5, 5.41) is 30.6. The van der Waals surface area contributed by atoms with Crippen molar-refractivity contribution in [3.8, 4) is 22.7 Å². The predicted octanol–water partition coefficient (Wildman–Crippen LogP) is 4.15. The van der Waals surface area contributed by atoms with Gasteiger partial charge in [-0.25, -0.2) is 4.68 Å². The fraction of sp³-hybridized carbons (Fsp3) is 0.458. The van der Waals surface area contributed by atoms with E-state index in [-0.39, 0.29) is 16.8 Å². The Morgan fingerprint density at radius 3 is 2.52 bits per heavy atom. The molecule has 2 fully saturated rings. The van der Waals surface area contributed by atoms with Gasteiger partial charge in [-0.05, 0) is 70.6 Å². The van der Waals surface area contributed by atoms with Gasteiger partial charge in [0, 0.05) is 34.4 Å². The molecule has 0 radical (unpaired) electrons. The van der Waals surface area contributed by atoms with Crippen LogP contribution in [0.15, 0.2) is 48.8 Å². The number of hydrogen-bond acceptors (Lipinski definition) is 6. The molecule has 162 valence electrons. The summed E-state index contributed by atoms with van der Waals surface area (Å²) in [6.07, 6.45) is 8.45. The Morgan fingerprint density at radius 2 is 1.84 bits per heavy atom. The molecular formula is C24H30N6O. The van der Waals surface area contributed by atoms with Crippen molar-refractivity contribution in [3.05, 3.63) is 48.8 Å². The van der Waals surface area contributed by atoms with E-state index in [0.717, 1.165) is 16.9 Å². The number of aromatic nitrogens is 4. The van der Waals surface area contributed by atoms with E-state index in [1.165, 1.54) is 25.7 Å². The largest absolute Gasteiger partial charge is 0.507 e. The van der Waals surface area contributed by atoms with Crippen LogP contribution in [0.3, 0.4) is 0 Å². The molecule has 3 N–H and O–H groups in total. The number of nitrogens with zero attached hydrogens (tertiary/aromatic N) is 4. The average Bonchev–Trinajstić information content (AvgIpc) is 3.31. The number of anilines is 1. The molecule has 7 heteroatoms. The first-order valence-corrected chi connectivity index (χ1v) is 11.1. The number of para-hydroxylation sites is 1. The minimum absolute atomic E-state index is 0.232. The Kier molecular flexibility index (Phi) is 4.73. The highest BCUT2D eigenvalue weighted by atomic mass is 16.3. The molecule has 0 saturated carbocycles. The van der Waals surface area contributed by atoms with Crippen molar-refractivity contribution in [3.63, 3.8) is 0 Å². The van der Waals surface area contributed by atoms with Gasteiger partial charge in [0.25, 0.3) is 0 Å². The summed E-state index contributed by atoms with van der Waals surface area (Å²) < 4.78 is 1.67. The molecule has 31 heavy (non-hydrogen) atoms. The number of piperidine rings is 1. The molecule has 2 aliphatic rings. The van der Waals surface area contributed by atoms with E-state index in [2.05, 4.69) is 46.7 Å². The zero-order chi connectivity index (χ0) is 21.6. The zero-order valence-electron chi connectivity index (χ0n) is 18.3. The smallest absolute Gasteiger partial charge is 0.175 e. The first kappa shape index (κ1) is 20.0. The second-order valence-electron chi connectivity index (χ2n) is 9.82. The lowest BCUT2D eigenvalue weighted by Gasteiger charge is -2.44. The average molecular weight is 419 g/mol. The highest BCUT2D eigenvalue weighted by Crippen LogP contribution is 2.45. The summed E-state index contributed by atoms with van der Waals surface area (Å²) in [4.78, 5) is 0. The molecular weight excluding hydrogens is 388 g/mol. The van der Waals surface area contributed by atoms with Crippen LogP contribution in [-0.2, 0) is 0 Å². The molecule has 3 atom stereocenters. The van der Waals surface area contributed by atoms with Crippen molar-refractivity contribution in [1.29, 1.82) is 0 Å². The lowest BCUT2D eigenvalue weighted by atomic mass is 9.77. The van der Waals surface area contributed by atoms with Crippen molar-refractivity contribution < 1.29 is 5.11 Å². The minimum Gasteiger partial charge on any atom is -0.507 e. The highest BCUT2D eigenvalue weighted by molar-refractivity contribution is 5.68. The van der Waals surface area contributed by atoms with Gasteiger partial charge in [-0.1, -0.05) is 18.2 Å². The lowest BCUT2D eigenvalue weighted by Crippen LogP contribution is -2.55. The van der Waals surface area contributed by atoms with Crippen molar-refractivity contribution in [2.24, 2.45) is 5.92 Å². The molecule has 2 saturated heterocycles. The Bertz CT molecular complexity index is 1060. The molecule has 2 aliphatic heterocycles. The Labute approximate surface area is 182 Å². The Balaban J connectivity index is 1.27. The van der Waals surface area contributed by atoms with E-state index in [1.807, 2.05) is 30.5 Å². The summed E-state index contributed by atoms with van der Waals surface area (Å²) in [6, 6.07) is 11.4. The van der Waals surface area contributed by atoms with Gasteiger partial charge >= 0.3 is 0 Å². The summed E-state index contributed by atoms with van der Waals surface area (Å²) in [6.45, 7) is 6.97. The van der Waals surface area contributed by atoms with Crippen LogP contribution in [0, 0.1) is 5.92 Å². The maximum absolute atomic E-state index is 10.1. The first-order valence-electron chi connectivity index (χ1n) is 11.1. The van der Waals surface area contributed by atoms with E-state index < -0.39 is 0 Å². The maximum atomic E-state index is 10.1. The fourth-order valence-electron chi connectivity index (χ4n) is 5.48. The topological polar surface area (TPSA) is 87.9 Å². The molecule has 3 unspecified atom stereocenters. The van der Waals surface area contributed by atoms with Crippen LogP contribution in [0.2, 0.25) is 0 Å². The SMILES string of the molecule is CC(Nc1ccc(-n2cc(-c3ccccc3O)cn2)nn1)C1CC2(C)CCC(C)(C1)N2. The quantitative estimate of drug-likeness (QED) is 0.577. The van der Waals surface area contributed by atoms with Crippen LogP contribution in [0.1, 0.15) is 46.5 Å². The number of phenols is 1. The third-order valence-corrected chi connectivity index (χ3v) is 7.02. The van der Waals surface area contributed by atoms with Crippen LogP contribution in [-0.4, -0.2) is 42.2 Å². The molecule has 2 bridgehead atoms. The standard InChI is InChI=1S/C24H30N6O/c1-16(17-12-23(2)10-11-24(3,13-17)29-23)26-21-8-9-22(28-27-21)30-15-18(14-25-30)19-6-4-5-7-20(19)31/h4-9,14-17,29,31H,10-13H2,1-3H3,(H,26,27). The normalized spacial score (nSPS) is 28.4. The van der Waals surface area contributed by atoms with Crippen molar-refractivity contribution in [1.82, 2.24) is 25.3 Å². The van der Waals surface area contributed by atoms with Gasteiger partial charge < -0.3 is 15.7 Å². The van der Waals surface area contributed by atoms with Gasteiger partial charge in [-0.3, -0.25) is 0 Å². The second-order valence-corrected chi connectivity index (χ2v) is 9.82. The van der Waals surface area contributed by atoms with Crippen molar-refractivity contribution in [2.45, 2.75) is 63.6 Å². The summed E-state index contributed by atoms with van der Waals surface area (Å²) in [7, 11) is 0. The van der Waals surface area contributed by atoms with Crippen molar-refractivity contribution >= 4 is 5.82 Å². The third kappa shape index (κ3) is 3.90. The number of nitrogens with one attached hydrogen (secondary N) is 2. The van der Waals surface area contributed by atoms with Gasteiger partial charge in [0.05, 0.1) is 6.20 Å². The predicted molar refractivity (Wildman–Crippen MR) is 121 cm³/mol. The Hall–Kier alpha value is -2.93. The highest BCUT2D eigenvalue weighted by Gasteiger charge is 2.49. The van der Waals surface area contributed by atoms with Crippen molar-refractivity contribution in [2.75, 3.05) is 5.32 Å². The van der Waals surface area contributed by atoms with Crippen LogP contribution in [0.4, 0.5) is 5.82 Å². The van der Waals surface area contributed by atoms with Gasteiger partial charge in [0.2, 0.25) is 0 Å². The van der Waals surface area contributed by atoms with E-state index >= 15 is 0 Å². The number of rotatable bonds is 5. The number of benzene rings is 1. The third-order valence-electron chi connectivity index (χ3n) is 7.02. The molecule has 0 amide bonds. The van der Waals surface area contributed by atoms with Crippen LogP contribution < -0.4 is 10.6 Å². The molecule has 3 aromatic rings. The molecule has 1 aromatic carbocycles. The number of phenolic OH excluding ortho intramolecular Hbond substituents is 1. The molecule has 4 heterocycles. The minimum atomic E-state index is 0.232. The fourth-order valence-corrected chi connectivity index (χ4v) is 5.48. The lowest BCUT2D eigenvalue weighted by molar-refractivity contribution is 0.160. The zero-order valence-corrected chi connectivity index (χ0v) is 18.3. The van der Waals surface area contributed by atoms with Crippen LogP contribution in [0.25, 0.3) is 16.9 Å². The first-order chi connectivity index (χ1) is 14.8. The van der Waals surface area contributed by atoms with Gasteiger partial charge in [-0.2, -0.15) is 5.10 Å². The van der Waals surface area contributed by atoms with Crippen LogP contribution >= 0.6 is 0 Å². The molecule has 0 aliphatic carbocycles. The van der Waals surface area contributed by atoms with E-state index in [1.54, 1.807) is 23.0 Å². The summed E-state index contributed by atoms with van der Waals surface area (Å²) in [5.41, 5.74) is 2.09. The van der Waals surface area contributed by atoms with Gasteiger partial charge in [0.1, 0.15) is 11.6 Å². The number of aromatic hydroxyl groups is 1. The monoisotopic (exact) mass is 418 g/mol.